The number of aromatic nitrogens is 2. The molecule has 0 fully saturated rings. The minimum atomic E-state index is -1.36. The molecule has 8 nitrogen and oxygen atoms in total. The Kier molecular flexibility index (Phi) is 6.58. The molecule has 0 aliphatic rings. The van der Waals surface area contributed by atoms with E-state index >= 15 is 0 Å². The van der Waals surface area contributed by atoms with Gasteiger partial charge in [-0.05, 0) is 42.0 Å². The summed E-state index contributed by atoms with van der Waals surface area (Å²) in [5.74, 6) is 0.0189. The van der Waals surface area contributed by atoms with Gasteiger partial charge in [0.2, 0.25) is 0 Å². The van der Waals surface area contributed by atoms with Crippen molar-refractivity contribution in [2.45, 2.75) is 12.8 Å². The minimum absolute atomic E-state index is 0.157. The van der Waals surface area contributed by atoms with Crippen LogP contribution < -0.4 is 21.5 Å². The highest BCUT2D eigenvalue weighted by atomic mass is 19.1. The fourth-order valence-corrected chi connectivity index (χ4v) is 3.62. The van der Waals surface area contributed by atoms with Crippen LogP contribution >= 0.6 is 0 Å². The number of nitrogen functional groups attached to an aromatic ring is 1. The number of nitrogens with two attached hydrogens (primary N) is 2. The first-order valence-electron chi connectivity index (χ1n) is 10.5. The number of nitrogens with zero attached hydrogens (tertiary/aromatic N) is 2. The number of ether oxygens (including phenoxy) is 1. The minimum Gasteiger partial charge on any atom is -0.496 e. The second-order valence-corrected chi connectivity index (χ2v) is 7.56. The first-order valence-corrected chi connectivity index (χ1v) is 10.5. The maximum absolute atomic E-state index is 13.3. The van der Waals surface area contributed by atoms with E-state index in [1.807, 2.05) is 12.1 Å². The summed E-state index contributed by atoms with van der Waals surface area (Å²) in [5.41, 5.74) is 15.2. The number of hydrogen-bond acceptors (Lipinski definition) is 6. The number of aliphatic hydroxyl groups is 1. The van der Waals surface area contributed by atoms with Gasteiger partial charge in [-0.3, -0.25) is 4.79 Å². The molecular weight excluding hydrogens is 437 g/mol. The van der Waals surface area contributed by atoms with E-state index in [2.05, 4.69) is 10.4 Å². The van der Waals surface area contributed by atoms with E-state index in [1.165, 1.54) is 36.1 Å². The van der Waals surface area contributed by atoms with E-state index < -0.39 is 6.23 Å². The molecule has 4 rings (SSSR count). The van der Waals surface area contributed by atoms with Crippen molar-refractivity contribution < 1.29 is 19.0 Å². The van der Waals surface area contributed by atoms with E-state index in [9.17, 15) is 14.3 Å². The largest absolute Gasteiger partial charge is 0.496 e. The van der Waals surface area contributed by atoms with Crippen LogP contribution in [0.2, 0.25) is 0 Å². The van der Waals surface area contributed by atoms with Gasteiger partial charge in [0, 0.05) is 12.1 Å². The van der Waals surface area contributed by atoms with Crippen LogP contribution in [0.4, 0.5) is 10.2 Å². The van der Waals surface area contributed by atoms with Crippen molar-refractivity contribution in [3.05, 3.63) is 95.3 Å². The van der Waals surface area contributed by atoms with Crippen LogP contribution in [0.25, 0.3) is 16.9 Å². The number of amides is 1. The third kappa shape index (κ3) is 4.61. The van der Waals surface area contributed by atoms with E-state index in [1.54, 1.807) is 36.4 Å². The van der Waals surface area contributed by atoms with Crippen LogP contribution in [0.3, 0.4) is 0 Å². The average molecular weight is 461 g/mol. The summed E-state index contributed by atoms with van der Waals surface area (Å²) in [7, 11) is 1.52. The molecule has 34 heavy (non-hydrogen) atoms. The molecule has 6 N–H and O–H groups in total. The predicted octanol–water partition coefficient (Wildman–Crippen LogP) is 3.15. The van der Waals surface area contributed by atoms with Crippen molar-refractivity contribution in [2.75, 3.05) is 12.8 Å². The average Bonchev–Trinajstić information content (AvgIpc) is 3.20. The number of nitrogens with one attached hydrogen (secondary N) is 1. The molecule has 1 amide bonds. The van der Waals surface area contributed by atoms with Gasteiger partial charge >= 0.3 is 0 Å². The summed E-state index contributed by atoms with van der Waals surface area (Å²) in [6.45, 7) is 0.301. The zero-order valence-electron chi connectivity index (χ0n) is 18.4. The van der Waals surface area contributed by atoms with Gasteiger partial charge in [0.15, 0.2) is 0 Å². The monoisotopic (exact) mass is 461 g/mol. The second-order valence-electron chi connectivity index (χ2n) is 7.56. The van der Waals surface area contributed by atoms with E-state index in [4.69, 9.17) is 16.2 Å². The lowest BCUT2D eigenvalue weighted by molar-refractivity contribution is 0.0948. The van der Waals surface area contributed by atoms with Gasteiger partial charge in [-0.25, -0.2) is 9.07 Å². The number of carbonyl (C=O) groups excluding carboxylic acids is 1. The van der Waals surface area contributed by atoms with Crippen molar-refractivity contribution in [1.29, 1.82) is 0 Å². The highest BCUT2D eigenvalue weighted by Crippen LogP contribution is 2.32. The Labute approximate surface area is 195 Å². The predicted molar refractivity (Wildman–Crippen MR) is 127 cm³/mol. The van der Waals surface area contributed by atoms with Crippen molar-refractivity contribution in [3.8, 4) is 22.7 Å². The van der Waals surface area contributed by atoms with Gasteiger partial charge in [-0.2, -0.15) is 5.10 Å². The van der Waals surface area contributed by atoms with E-state index in [-0.39, 0.29) is 23.1 Å². The Hall–Kier alpha value is -4.21. The molecular formula is C25H24FN5O3. The lowest BCUT2D eigenvalue weighted by Gasteiger charge is -2.10. The number of carbonyl (C=O) groups is 1. The van der Waals surface area contributed by atoms with Crippen molar-refractivity contribution in [3.63, 3.8) is 0 Å². The lowest BCUT2D eigenvalue weighted by Crippen LogP contribution is -2.23. The maximum Gasteiger partial charge on any atom is 0.255 e. The Balaban J connectivity index is 1.56. The molecule has 4 aromatic rings. The molecule has 0 saturated carbocycles. The van der Waals surface area contributed by atoms with Gasteiger partial charge in [0.1, 0.15) is 29.3 Å². The Morgan fingerprint density at radius 1 is 1.12 bits per heavy atom. The summed E-state index contributed by atoms with van der Waals surface area (Å²) in [5, 5.41) is 17.5. The first-order chi connectivity index (χ1) is 16.4. The van der Waals surface area contributed by atoms with Crippen molar-refractivity contribution in [1.82, 2.24) is 15.1 Å². The molecule has 0 saturated heterocycles. The van der Waals surface area contributed by atoms with Crippen LogP contribution in [0.5, 0.6) is 5.75 Å². The number of anilines is 1. The lowest BCUT2D eigenvalue weighted by atomic mass is 10.0. The molecule has 0 bridgehead atoms. The number of halogens is 1. The molecule has 3 aromatic carbocycles. The number of aliphatic hydroxyl groups excluding tert-OH is 1. The van der Waals surface area contributed by atoms with Crippen LogP contribution in [0.15, 0.2) is 72.8 Å². The number of methoxy groups -OCH3 is 1. The number of benzene rings is 3. The molecule has 1 unspecified atom stereocenters. The Morgan fingerprint density at radius 3 is 2.44 bits per heavy atom. The standard InChI is InChI=1S/C25H24FN5O3/c1-34-20-5-3-2-4-19(20)25(33)29-14-15-6-8-16(9-7-15)22-21(24(28)32)23(27)31(30-22)18-12-10-17(26)11-13-18/h2-13,24,32H,14,27-28H2,1H3,(H,29,33). The maximum atomic E-state index is 13.3. The molecule has 1 heterocycles. The fraction of sp³-hybridized carbons (Fsp3) is 0.120. The van der Waals surface area contributed by atoms with E-state index in [0.717, 1.165) is 5.56 Å². The molecule has 0 aliphatic carbocycles. The SMILES string of the molecule is COc1ccccc1C(=O)NCc1ccc(-c2nn(-c3ccc(F)cc3)c(N)c2C(N)O)cc1. The smallest absolute Gasteiger partial charge is 0.255 e. The summed E-state index contributed by atoms with van der Waals surface area (Å²) < 4.78 is 20.0. The molecule has 0 spiro atoms. The first kappa shape index (κ1) is 23.0. The third-order valence-electron chi connectivity index (χ3n) is 5.36. The van der Waals surface area contributed by atoms with Gasteiger partial charge in [0.25, 0.3) is 5.91 Å². The molecule has 9 heteroatoms. The van der Waals surface area contributed by atoms with E-state index in [0.29, 0.717) is 34.8 Å². The fourth-order valence-electron chi connectivity index (χ4n) is 3.62. The number of rotatable bonds is 7. The van der Waals surface area contributed by atoms with Crippen molar-refractivity contribution in [2.24, 2.45) is 5.73 Å². The van der Waals surface area contributed by atoms with Crippen LogP contribution in [0, 0.1) is 5.82 Å². The summed E-state index contributed by atoms with van der Waals surface area (Å²) in [4.78, 5) is 12.5. The van der Waals surface area contributed by atoms with Gasteiger partial charge in [-0.1, -0.05) is 36.4 Å². The quantitative estimate of drug-likeness (QED) is 0.313. The topological polar surface area (TPSA) is 128 Å². The second kappa shape index (κ2) is 9.74. The van der Waals surface area contributed by atoms with Crippen molar-refractivity contribution >= 4 is 11.7 Å². The van der Waals surface area contributed by atoms with Gasteiger partial charge < -0.3 is 26.6 Å². The molecule has 174 valence electrons. The van der Waals surface area contributed by atoms with Gasteiger partial charge in [-0.15, -0.1) is 0 Å². The zero-order valence-corrected chi connectivity index (χ0v) is 18.4. The Morgan fingerprint density at radius 2 is 1.79 bits per heavy atom. The molecule has 1 atom stereocenters. The summed E-state index contributed by atoms with van der Waals surface area (Å²) in [6, 6.07) is 19.9. The number of hydrogen-bond donors (Lipinski definition) is 4. The Bertz CT molecular complexity index is 1300. The number of para-hydroxylation sites is 1. The zero-order chi connectivity index (χ0) is 24.2. The molecule has 0 aliphatic heterocycles. The highest BCUT2D eigenvalue weighted by molar-refractivity contribution is 5.96. The molecule has 1 aromatic heterocycles. The van der Waals surface area contributed by atoms with Crippen LogP contribution in [0.1, 0.15) is 27.7 Å². The normalized spacial score (nSPS) is 11.8. The third-order valence-corrected chi connectivity index (χ3v) is 5.36. The summed E-state index contributed by atoms with van der Waals surface area (Å²) in [6.07, 6.45) is -1.36. The van der Waals surface area contributed by atoms with Crippen LogP contribution in [-0.4, -0.2) is 27.9 Å². The van der Waals surface area contributed by atoms with Crippen LogP contribution in [-0.2, 0) is 6.54 Å². The summed E-state index contributed by atoms with van der Waals surface area (Å²) >= 11 is 0. The molecule has 0 radical (unpaired) electrons. The highest BCUT2D eigenvalue weighted by Gasteiger charge is 2.22. The van der Waals surface area contributed by atoms with Gasteiger partial charge in [0.05, 0.1) is 23.9 Å².